The first kappa shape index (κ1) is 9.05. The summed E-state index contributed by atoms with van der Waals surface area (Å²) < 4.78 is 0. The molecule has 0 radical (unpaired) electrons. The summed E-state index contributed by atoms with van der Waals surface area (Å²) >= 11 is 0. The maximum atomic E-state index is 5.55. The Labute approximate surface area is 70.4 Å². The molecule has 1 rings (SSSR count). The Balaban J connectivity index is 2.34. The minimum Gasteiger partial charge on any atom is -0.330 e. The predicted octanol–water partition coefficient (Wildman–Crippen LogP) is 2.55. The van der Waals surface area contributed by atoms with E-state index < -0.39 is 0 Å². The van der Waals surface area contributed by atoms with Gasteiger partial charge in [-0.3, -0.25) is 0 Å². The first-order chi connectivity index (χ1) is 5.14. The van der Waals surface area contributed by atoms with Crippen molar-refractivity contribution in [1.82, 2.24) is 0 Å². The highest BCUT2D eigenvalue weighted by Gasteiger charge is 2.26. The molecule has 1 aliphatic carbocycles. The van der Waals surface area contributed by atoms with Crippen molar-refractivity contribution in [2.75, 3.05) is 6.54 Å². The molecule has 0 aromatic rings. The first-order valence-corrected chi connectivity index (χ1v) is 4.84. The molecule has 0 aliphatic heterocycles. The highest BCUT2D eigenvalue weighted by molar-refractivity contribution is 4.79. The lowest BCUT2D eigenvalue weighted by Gasteiger charge is -2.35. The van der Waals surface area contributed by atoms with Crippen molar-refractivity contribution in [3.63, 3.8) is 0 Å². The van der Waals surface area contributed by atoms with Crippen molar-refractivity contribution < 1.29 is 0 Å². The van der Waals surface area contributed by atoms with E-state index in [9.17, 15) is 0 Å². The summed E-state index contributed by atoms with van der Waals surface area (Å²) in [7, 11) is 0. The Bertz CT molecular complexity index is 116. The summed E-state index contributed by atoms with van der Waals surface area (Å²) in [5.41, 5.74) is 6.14. The molecule has 0 amide bonds. The maximum Gasteiger partial charge on any atom is -0.00746 e. The average Bonchev–Trinajstić information content (AvgIpc) is 1.85. The molecule has 1 heteroatoms. The van der Waals surface area contributed by atoms with Crippen LogP contribution in [0.5, 0.6) is 0 Å². The third-order valence-corrected chi connectivity index (χ3v) is 2.88. The second-order valence-corrected chi connectivity index (χ2v) is 4.70. The molecule has 66 valence electrons. The second-order valence-electron chi connectivity index (χ2n) is 4.70. The van der Waals surface area contributed by atoms with Crippen LogP contribution >= 0.6 is 0 Å². The van der Waals surface area contributed by atoms with Gasteiger partial charge in [0.1, 0.15) is 0 Å². The number of hydrogen-bond donors (Lipinski definition) is 1. The quantitative estimate of drug-likeness (QED) is 0.651. The van der Waals surface area contributed by atoms with Crippen LogP contribution in [-0.2, 0) is 0 Å². The van der Waals surface area contributed by atoms with Gasteiger partial charge in [-0.2, -0.15) is 0 Å². The topological polar surface area (TPSA) is 26.0 Å². The number of nitrogens with two attached hydrogens (primary N) is 1. The van der Waals surface area contributed by atoms with Gasteiger partial charge in [-0.1, -0.05) is 26.7 Å². The minimum absolute atomic E-state index is 0.595. The third kappa shape index (κ3) is 2.82. The summed E-state index contributed by atoms with van der Waals surface area (Å²) in [6.45, 7) is 5.64. The van der Waals surface area contributed by atoms with E-state index in [2.05, 4.69) is 13.8 Å². The fraction of sp³-hybridized carbons (Fsp3) is 1.00. The molecule has 1 atom stereocenters. The van der Waals surface area contributed by atoms with Crippen LogP contribution in [0, 0.1) is 11.3 Å². The molecular weight excluding hydrogens is 134 g/mol. The van der Waals surface area contributed by atoms with E-state index in [1.165, 1.54) is 32.1 Å². The van der Waals surface area contributed by atoms with E-state index in [-0.39, 0.29) is 0 Å². The summed E-state index contributed by atoms with van der Waals surface area (Å²) in [6, 6.07) is 0. The van der Waals surface area contributed by atoms with Gasteiger partial charge in [-0.25, -0.2) is 0 Å². The summed E-state index contributed by atoms with van der Waals surface area (Å²) in [5.74, 6) is 0.920. The molecule has 0 unspecified atom stereocenters. The lowest BCUT2D eigenvalue weighted by molar-refractivity contribution is 0.175. The molecule has 1 nitrogen and oxygen atoms in total. The Kier molecular flexibility index (Phi) is 2.94. The molecular formula is C10H21N. The summed E-state index contributed by atoms with van der Waals surface area (Å²) in [6.07, 6.45) is 6.87. The van der Waals surface area contributed by atoms with E-state index in [0.29, 0.717) is 5.41 Å². The summed E-state index contributed by atoms with van der Waals surface area (Å²) in [4.78, 5) is 0. The van der Waals surface area contributed by atoms with Crippen molar-refractivity contribution in [2.45, 2.75) is 46.0 Å². The monoisotopic (exact) mass is 155 g/mol. The van der Waals surface area contributed by atoms with Gasteiger partial charge in [-0.15, -0.1) is 0 Å². The fourth-order valence-corrected chi connectivity index (χ4v) is 2.34. The minimum atomic E-state index is 0.595. The van der Waals surface area contributed by atoms with Crippen molar-refractivity contribution in [1.29, 1.82) is 0 Å². The lowest BCUT2D eigenvalue weighted by atomic mass is 9.71. The second kappa shape index (κ2) is 3.57. The molecule has 0 saturated heterocycles. The molecule has 0 bridgehead atoms. The van der Waals surface area contributed by atoms with Crippen LogP contribution in [0.1, 0.15) is 46.0 Å². The SMILES string of the molecule is CC1(C)CCC[C@H](CCN)C1. The molecule has 2 N–H and O–H groups in total. The summed E-state index contributed by atoms with van der Waals surface area (Å²) in [5, 5.41) is 0. The van der Waals surface area contributed by atoms with Crippen LogP contribution in [0.3, 0.4) is 0 Å². The molecule has 11 heavy (non-hydrogen) atoms. The highest BCUT2D eigenvalue weighted by Crippen LogP contribution is 2.39. The molecule has 0 spiro atoms. The number of rotatable bonds is 2. The number of hydrogen-bond acceptors (Lipinski definition) is 1. The maximum absolute atomic E-state index is 5.55. The Morgan fingerprint density at radius 3 is 2.73 bits per heavy atom. The molecule has 0 aromatic heterocycles. The zero-order valence-corrected chi connectivity index (χ0v) is 7.90. The van der Waals surface area contributed by atoms with E-state index in [1.54, 1.807) is 0 Å². The molecule has 0 aromatic carbocycles. The average molecular weight is 155 g/mol. The molecule has 0 heterocycles. The normalized spacial score (nSPS) is 30.3. The molecule has 1 fully saturated rings. The van der Waals surface area contributed by atoms with E-state index in [0.717, 1.165) is 12.5 Å². The van der Waals surface area contributed by atoms with Crippen molar-refractivity contribution in [3.05, 3.63) is 0 Å². The van der Waals surface area contributed by atoms with Crippen LogP contribution in [0.25, 0.3) is 0 Å². The van der Waals surface area contributed by atoms with E-state index in [4.69, 9.17) is 5.73 Å². The van der Waals surface area contributed by atoms with Gasteiger partial charge in [0.25, 0.3) is 0 Å². The van der Waals surface area contributed by atoms with Gasteiger partial charge in [0.15, 0.2) is 0 Å². The van der Waals surface area contributed by atoms with E-state index >= 15 is 0 Å². The first-order valence-electron chi connectivity index (χ1n) is 4.84. The van der Waals surface area contributed by atoms with Crippen LogP contribution in [0.2, 0.25) is 0 Å². The van der Waals surface area contributed by atoms with Crippen LogP contribution < -0.4 is 5.73 Å². The smallest absolute Gasteiger partial charge is 0.00746 e. The van der Waals surface area contributed by atoms with Gasteiger partial charge in [0.2, 0.25) is 0 Å². The Morgan fingerprint density at radius 2 is 2.18 bits per heavy atom. The standard InChI is InChI=1S/C10H21N/c1-10(2)6-3-4-9(8-10)5-7-11/h9H,3-8,11H2,1-2H3/t9-/m1/s1. The zero-order chi connectivity index (χ0) is 8.32. The third-order valence-electron chi connectivity index (χ3n) is 2.88. The van der Waals surface area contributed by atoms with Crippen molar-refractivity contribution in [3.8, 4) is 0 Å². The van der Waals surface area contributed by atoms with Gasteiger partial charge in [0, 0.05) is 0 Å². The largest absolute Gasteiger partial charge is 0.330 e. The van der Waals surface area contributed by atoms with Crippen LogP contribution in [-0.4, -0.2) is 6.54 Å². The zero-order valence-electron chi connectivity index (χ0n) is 7.90. The Morgan fingerprint density at radius 1 is 1.45 bits per heavy atom. The lowest BCUT2D eigenvalue weighted by Crippen LogP contribution is -2.24. The van der Waals surface area contributed by atoms with Crippen molar-refractivity contribution >= 4 is 0 Å². The van der Waals surface area contributed by atoms with Gasteiger partial charge < -0.3 is 5.73 Å². The Hall–Kier alpha value is -0.0400. The van der Waals surface area contributed by atoms with Crippen LogP contribution in [0.15, 0.2) is 0 Å². The molecule has 1 saturated carbocycles. The fourth-order valence-electron chi connectivity index (χ4n) is 2.34. The van der Waals surface area contributed by atoms with Gasteiger partial charge in [0.05, 0.1) is 0 Å². The molecule has 1 aliphatic rings. The van der Waals surface area contributed by atoms with Crippen LogP contribution in [0.4, 0.5) is 0 Å². The highest BCUT2D eigenvalue weighted by atomic mass is 14.5. The predicted molar refractivity (Wildman–Crippen MR) is 49.4 cm³/mol. The van der Waals surface area contributed by atoms with E-state index in [1.807, 2.05) is 0 Å². The van der Waals surface area contributed by atoms with Crippen molar-refractivity contribution in [2.24, 2.45) is 17.1 Å². The van der Waals surface area contributed by atoms with Gasteiger partial charge in [-0.05, 0) is 37.1 Å². The van der Waals surface area contributed by atoms with Gasteiger partial charge >= 0.3 is 0 Å².